The highest BCUT2D eigenvalue weighted by molar-refractivity contribution is 4.87. The maximum atomic E-state index is 10.1. The lowest BCUT2D eigenvalue weighted by molar-refractivity contribution is 0.0621. The summed E-state index contributed by atoms with van der Waals surface area (Å²) < 4.78 is 0. The van der Waals surface area contributed by atoms with Gasteiger partial charge in [0, 0.05) is 24.6 Å². The zero-order valence-electron chi connectivity index (χ0n) is 11.5. The molecule has 2 atom stereocenters. The fourth-order valence-corrected chi connectivity index (χ4v) is 3.57. The monoisotopic (exact) mass is 255 g/mol. The van der Waals surface area contributed by atoms with Gasteiger partial charge in [-0.3, -0.25) is 0 Å². The van der Waals surface area contributed by atoms with Gasteiger partial charge in [0.2, 0.25) is 0 Å². The number of aliphatic hydroxyl groups is 2. The Bertz CT molecular complexity index is 239. The molecule has 0 aliphatic heterocycles. The molecule has 0 spiro atoms. The first kappa shape index (κ1) is 14.3. The molecule has 2 aliphatic rings. The van der Waals surface area contributed by atoms with Crippen molar-refractivity contribution < 1.29 is 10.2 Å². The summed E-state index contributed by atoms with van der Waals surface area (Å²) in [5, 5.41) is 23.4. The van der Waals surface area contributed by atoms with Crippen LogP contribution in [0.2, 0.25) is 0 Å². The normalized spacial score (nSPS) is 33.0. The van der Waals surface area contributed by atoms with E-state index in [2.05, 4.69) is 5.32 Å². The van der Waals surface area contributed by atoms with E-state index < -0.39 is 0 Å². The third-order valence-electron chi connectivity index (χ3n) is 4.97. The minimum Gasteiger partial charge on any atom is -0.396 e. The van der Waals surface area contributed by atoms with E-state index in [-0.39, 0.29) is 17.6 Å². The van der Waals surface area contributed by atoms with E-state index in [0.717, 1.165) is 38.6 Å². The Hall–Kier alpha value is -0.120. The summed E-state index contributed by atoms with van der Waals surface area (Å²) in [5.41, 5.74) is 0.0876. The van der Waals surface area contributed by atoms with Crippen LogP contribution in [0.1, 0.15) is 64.2 Å². The summed E-state index contributed by atoms with van der Waals surface area (Å²) in [6, 6.07) is 0.248. The van der Waals surface area contributed by atoms with Gasteiger partial charge in [-0.15, -0.1) is 0 Å². The van der Waals surface area contributed by atoms with E-state index in [1.165, 1.54) is 32.1 Å². The van der Waals surface area contributed by atoms with Gasteiger partial charge >= 0.3 is 0 Å². The molecule has 0 aromatic rings. The van der Waals surface area contributed by atoms with Crippen molar-refractivity contribution in [2.45, 2.75) is 76.4 Å². The predicted molar refractivity (Wildman–Crippen MR) is 73.5 cm³/mol. The van der Waals surface area contributed by atoms with Crippen LogP contribution in [0.25, 0.3) is 0 Å². The second-order valence-electron chi connectivity index (χ2n) is 6.41. The number of rotatable bonds is 4. The molecule has 106 valence electrons. The van der Waals surface area contributed by atoms with Gasteiger partial charge in [-0.2, -0.15) is 0 Å². The molecule has 3 heteroatoms. The van der Waals surface area contributed by atoms with Crippen molar-refractivity contribution in [3.8, 4) is 0 Å². The van der Waals surface area contributed by atoms with Crippen LogP contribution < -0.4 is 5.32 Å². The first-order valence-corrected chi connectivity index (χ1v) is 7.78. The average Bonchev–Trinajstić information content (AvgIpc) is 2.62. The Labute approximate surface area is 111 Å². The summed E-state index contributed by atoms with van der Waals surface area (Å²) in [7, 11) is 0. The summed E-state index contributed by atoms with van der Waals surface area (Å²) in [4.78, 5) is 0. The summed E-state index contributed by atoms with van der Waals surface area (Å²) in [6.07, 6.45) is 11.5. The lowest BCUT2D eigenvalue weighted by Crippen LogP contribution is -2.47. The molecule has 2 unspecified atom stereocenters. The van der Waals surface area contributed by atoms with Crippen molar-refractivity contribution in [1.29, 1.82) is 0 Å². The Kier molecular flexibility index (Phi) is 5.46. The molecule has 2 saturated carbocycles. The first-order chi connectivity index (χ1) is 8.76. The SMILES string of the molecule is OCC1(CNC2CCCCCC2O)CCCCC1. The zero-order valence-corrected chi connectivity index (χ0v) is 11.5. The van der Waals surface area contributed by atoms with Crippen molar-refractivity contribution >= 4 is 0 Å². The number of hydrogen-bond donors (Lipinski definition) is 3. The van der Waals surface area contributed by atoms with Gasteiger partial charge in [-0.1, -0.05) is 38.5 Å². The van der Waals surface area contributed by atoms with Crippen molar-refractivity contribution in [1.82, 2.24) is 5.32 Å². The van der Waals surface area contributed by atoms with Crippen LogP contribution >= 0.6 is 0 Å². The molecular formula is C15H29NO2. The third kappa shape index (κ3) is 3.69. The van der Waals surface area contributed by atoms with Crippen molar-refractivity contribution in [3.63, 3.8) is 0 Å². The average molecular weight is 255 g/mol. The fourth-order valence-electron chi connectivity index (χ4n) is 3.57. The first-order valence-electron chi connectivity index (χ1n) is 7.78. The second kappa shape index (κ2) is 6.88. The summed E-state index contributed by atoms with van der Waals surface area (Å²) in [6.45, 7) is 1.17. The highest BCUT2D eigenvalue weighted by atomic mass is 16.3. The van der Waals surface area contributed by atoms with E-state index in [4.69, 9.17) is 0 Å². The third-order valence-corrected chi connectivity index (χ3v) is 4.97. The molecule has 18 heavy (non-hydrogen) atoms. The molecule has 0 saturated heterocycles. The van der Waals surface area contributed by atoms with Gasteiger partial charge in [0.15, 0.2) is 0 Å². The second-order valence-corrected chi connectivity index (χ2v) is 6.41. The van der Waals surface area contributed by atoms with Crippen molar-refractivity contribution in [2.75, 3.05) is 13.2 Å². The molecule has 3 N–H and O–H groups in total. The molecule has 2 fully saturated rings. The summed E-state index contributed by atoms with van der Waals surface area (Å²) >= 11 is 0. The van der Waals surface area contributed by atoms with Gasteiger partial charge in [0.1, 0.15) is 0 Å². The minimum atomic E-state index is -0.188. The van der Waals surface area contributed by atoms with Crippen LogP contribution in [0.4, 0.5) is 0 Å². The van der Waals surface area contributed by atoms with E-state index in [9.17, 15) is 10.2 Å². The van der Waals surface area contributed by atoms with Crippen LogP contribution in [0.5, 0.6) is 0 Å². The molecule has 0 bridgehead atoms. The van der Waals surface area contributed by atoms with Crippen molar-refractivity contribution in [2.24, 2.45) is 5.41 Å². The molecule has 0 amide bonds. The molecule has 0 heterocycles. The lowest BCUT2D eigenvalue weighted by atomic mass is 9.74. The van der Waals surface area contributed by atoms with E-state index in [1.54, 1.807) is 0 Å². The Morgan fingerprint density at radius 3 is 2.33 bits per heavy atom. The maximum absolute atomic E-state index is 10.1. The number of nitrogens with one attached hydrogen (secondary N) is 1. The van der Waals surface area contributed by atoms with E-state index in [0.29, 0.717) is 6.61 Å². The zero-order chi connectivity index (χ0) is 12.8. The van der Waals surface area contributed by atoms with E-state index in [1.807, 2.05) is 0 Å². The van der Waals surface area contributed by atoms with Gasteiger partial charge in [-0.25, -0.2) is 0 Å². The maximum Gasteiger partial charge on any atom is 0.0693 e. The molecular weight excluding hydrogens is 226 g/mol. The Morgan fingerprint density at radius 2 is 1.61 bits per heavy atom. The van der Waals surface area contributed by atoms with Crippen LogP contribution in [0, 0.1) is 5.41 Å². The molecule has 3 nitrogen and oxygen atoms in total. The summed E-state index contributed by atoms with van der Waals surface area (Å²) in [5.74, 6) is 0. The van der Waals surface area contributed by atoms with Gasteiger partial charge < -0.3 is 15.5 Å². The number of hydrogen-bond acceptors (Lipinski definition) is 3. The van der Waals surface area contributed by atoms with Gasteiger partial charge in [0.05, 0.1) is 6.10 Å². The standard InChI is InChI=1S/C15H29NO2/c17-12-15(9-5-2-6-10-15)11-16-13-7-3-1-4-8-14(13)18/h13-14,16-18H,1-12H2. The smallest absolute Gasteiger partial charge is 0.0693 e. The van der Waals surface area contributed by atoms with Gasteiger partial charge in [-0.05, 0) is 25.7 Å². The van der Waals surface area contributed by atoms with Crippen molar-refractivity contribution in [3.05, 3.63) is 0 Å². The van der Waals surface area contributed by atoms with Crippen LogP contribution in [-0.2, 0) is 0 Å². The largest absolute Gasteiger partial charge is 0.396 e. The predicted octanol–water partition coefficient (Wildman–Crippen LogP) is 2.21. The molecule has 0 aromatic carbocycles. The van der Waals surface area contributed by atoms with Gasteiger partial charge in [0.25, 0.3) is 0 Å². The Balaban J connectivity index is 1.84. The highest BCUT2D eigenvalue weighted by Crippen LogP contribution is 2.35. The minimum absolute atomic E-state index is 0.0876. The molecule has 2 aliphatic carbocycles. The number of aliphatic hydroxyl groups excluding tert-OH is 2. The fraction of sp³-hybridized carbons (Fsp3) is 1.00. The quantitative estimate of drug-likeness (QED) is 0.675. The van der Waals surface area contributed by atoms with Crippen LogP contribution in [0.3, 0.4) is 0 Å². The highest BCUT2D eigenvalue weighted by Gasteiger charge is 2.32. The topological polar surface area (TPSA) is 52.5 Å². The Morgan fingerprint density at radius 1 is 0.944 bits per heavy atom. The van der Waals surface area contributed by atoms with Crippen LogP contribution in [-0.4, -0.2) is 35.5 Å². The van der Waals surface area contributed by atoms with Crippen LogP contribution in [0.15, 0.2) is 0 Å². The van der Waals surface area contributed by atoms with E-state index >= 15 is 0 Å². The lowest BCUT2D eigenvalue weighted by Gasteiger charge is -2.37. The molecule has 2 rings (SSSR count). The molecule has 0 radical (unpaired) electrons. The molecule has 0 aromatic heterocycles.